The first-order valence-corrected chi connectivity index (χ1v) is 7.65. The third-order valence-electron chi connectivity index (χ3n) is 3.24. The number of nitrogens with zero attached hydrogens (tertiary/aromatic N) is 3. The molecule has 2 aromatic heterocycles. The Morgan fingerprint density at radius 1 is 1.44 bits per heavy atom. The summed E-state index contributed by atoms with van der Waals surface area (Å²) in [6.07, 6.45) is 2.44. The number of rotatable bonds is 2. The second-order valence-electron chi connectivity index (χ2n) is 4.61. The second-order valence-corrected chi connectivity index (χ2v) is 6.84. The van der Waals surface area contributed by atoms with Gasteiger partial charge < -0.3 is 5.73 Å². The number of hydrogen-bond acceptors (Lipinski definition) is 5. The number of nitrogens with two attached hydrogens (primary N) is 1. The van der Waals surface area contributed by atoms with E-state index in [1.165, 1.54) is 0 Å². The van der Waals surface area contributed by atoms with E-state index in [4.69, 9.17) is 5.73 Å². The lowest BCUT2D eigenvalue weighted by atomic mass is 10.1. The van der Waals surface area contributed by atoms with Crippen LogP contribution in [0.25, 0.3) is 5.65 Å². The van der Waals surface area contributed by atoms with Crippen LogP contribution in [-0.4, -0.2) is 34.5 Å². The van der Waals surface area contributed by atoms with Crippen LogP contribution in [-0.2, 0) is 16.4 Å². The smallest absolute Gasteiger partial charge is 0.155 e. The number of aromatic nitrogens is 3. The van der Waals surface area contributed by atoms with Gasteiger partial charge in [-0.15, -0.1) is 0 Å². The molecule has 1 aliphatic heterocycles. The summed E-state index contributed by atoms with van der Waals surface area (Å²) in [6.45, 7) is 0.447. The molecule has 0 saturated carbocycles. The van der Waals surface area contributed by atoms with Crippen molar-refractivity contribution in [3.8, 4) is 0 Å². The summed E-state index contributed by atoms with van der Waals surface area (Å²) in [4.78, 5) is 4.38. The summed E-state index contributed by atoms with van der Waals surface area (Å²) < 4.78 is 24.6. The van der Waals surface area contributed by atoms with Crippen molar-refractivity contribution in [1.29, 1.82) is 0 Å². The van der Waals surface area contributed by atoms with Gasteiger partial charge in [0.25, 0.3) is 0 Å². The molecular formula is C11H14N4O2S. The Hall–Kier alpha value is -1.47. The fourth-order valence-electron chi connectivity index (χ4n) is 2.24. The summed E-state index contributed by atoms with van der Waals surface area (Å²) in [6, 6.07) is 3.75. The molecule has 0 amide bonds. The van der Waals surface area contributed by atoms with E-state index >= 15 is 0 Å². The zero-order valence-corrected chi connectivity index (χ0v) is 10.6. The van der Waals surface area contributed by atoms with Crippen LogP contribution in [0.5, 0.6) is 0 Å². The van der Waals surface area contributed by atoms with Gasteiger partial charge in [-0.25, -0.2) is 17.9 Å². The van der Waals surface area contributed by atoms with Gasteiger partial charge in [-0.1, -0.05) is 6.07 Å². The van der Waals surface area contributed by atoms with E-state index < -0.39 is 9.84 Å². The standard InChI is InChI=1S/C11H14N4O2S/c12-5-8-1-2-10-13-11(14-15(10)6-8)9-3-4-18(16,17)7-9/h1-2,6,9H,3-5,7,12H2. The summed E-state index contributed by atoms with van der Waals surface area (Å²) in [5.74, 6) is 0.941. The Labute approximate surface area is 105 Å². The first kappa shape index (κ1) is 11.6. The fraction of sp³-hybridized carbons (Fsp3) is 0.455. The molecule has 1 atom stereocenters. The Kier molecular flexibility index (Phi) is 2.60. The van der Waals surface area contributed by atoms with Crippen LogP contribution in [0.3, 0.4) is 0 Å². The van der Waals surface area contributed by atoms with Gasteiger partial charge >= 0.3 is 0 Å². The van der Waals surface area contributed by atoms with Gasteiger partial charge in [-0.2, -0.15) is 5.10 Å². The summed E-state index contributed by atoms with van der Waals surface area (Å²) >= 11 is 0. The molecule has 96 valence electrons. The highest BCUT2D eigenvalue weighted by atomic mass is 32.2. The molecule has 0 aromatic carbocycles. The van der Waals surface area contributed by atoms with Crippen LogP contribution in [0.4, 0.5) is 0 Å². The Morgan fingerprint density at radius 2 is 2.28 bits per heavy atom. The number of pyridine rings is 1. The van der Waals surface area contributed by atoms with Crippen molar-refractivity contribution in [3.05, 3.63) is 29.7 Å². The average Bonchev–Trinajstić information content (AvgIpc) is 2.90. The van der Waals surface area contributed by atoms with Gasteiger partial charge in [0.1, 0.15) is 0 Å². The molecule has 0 bridgehead atoms. The zero-order chi connectivity index (χ0) is 12.8. The monoisotopic (exact) mass is 266 g/mol. The van der Waals surface area contributed by atoms with E-state index in [9.17, 15) is 8.42 Å². The van der Waals surface area contributed by atoms with Crippen LogP contribution >= 0.6 is 0 Å². The van der Waals surface area contributed by atoms with E-state index in [2.05, 4.69) is 10.1 Å². The van der Waals surface area contributed by atoms with E-state index in [-0.39, 0.29) is 17.4 Å². The molecule has 2 aromatic rings. The lowest BCUT2D eigenvalue weighted by molar-refractivity contribution is 0.601. The maximum atomic E-state index is 11.5. The van der Waals surface area contributed by atoms with Crippen molar-refractivity contribution in [3.63, 3.8) is 0 Å². The molecule has 7 heteroatoms. The first-order chi connectivity index (χ1) is 8.57. The molecule has 0 spiro atoms. The molecule has 2 N–H and O–H groups in total. The van der Waals surface area contributed by atoms with Gasteiger partial charge in [0.2, 0.25) is 0 Å². The minimum absolute atomic E-state index is 0.0729. The molecule has 3 rings (SSSR count). The number of fused-ring (bicyclic) bond motifs is 1. The van der Waals surface area contributed by atoms with Gasteiger partial charge in [-0.3, -0.25) is 0 Å². The van der Waals surface area contributed by atoms with E-state index in [1.807, 2.05) is 18.3 Å². The highest BCUT2D eigenvalue weighted by Crippen LogP contribution is 2.26. The van der Waals surface area contributed by atoms with Crippen molar-refractivity contribution in [2.24, 2.45) is 5.73 Å². The molecule has 6 nitrogen and oxygen atoms in total. The molecule has 1 saturated heterocycles. The third-order valence-corrected chi connectivity index (χ3v) is 5.01. The highest BCUT2D eigenvalue weighted by Gasteiger charge is 2.31. The Bertz CT molecular complexity index is 692. The lowest BCUT2D eigenvalue weighted by Crippen LogP contribution is -2.05. The molecule has 3 heterocycles. The van der Waals surface area contributed by atoms with Gasteiger partial charge in [0.05, 0.1) is 11.5 Å². The summed E-state index contributed by atoms with van der Waals surface area (Å²) in [5.41, 5.74) is 7.26. The minimum atomic E-state index is -2.90. The number of hydrogen-bond donors (Lipinski definition) is 1. The van der Waals surface area contributed by atoms with Crippen molar-refractivity contribution >= 4 is 15.5 Å². The Morgan fingerprint density at radius 3 is 2.94 bits per heavy atom. The van der Waals surface area contributed by atoms with Gasteiger partial charge in [-0.05, 0) is 18.1 Å². The topological polar surface area (TPSA) is 90.3 Å². The molecule has 1 fully saturated rings. The average molecular weight is 266 g/mol. The maximum Gasteiger partial charge on any atom is 0.155 e. The second kappa shape index (κ2) is 4.03. The SMILES string of the molecule is NCc1ccc2nc(C3CCS(=O)(=O)C3)nn2c1. The normalized spacial score (nSPS) is 22.6. The number of sulfone groups is 1. The van der Waals surface area contributed by atoms with Crippen molar-refractivity contribution < 1.29 is 8.42 Å². The van der Waals surface area contributed by atoms with Crippen molar-refractivity contribution in [2.45, 2.75) is 18.9 Å². The molecular weight excluding hydrogens is 252 g/mol. The van der Waals surface area contributed by atoms with Crippen LogP contribution in [0, 0.1) is 0 Å². The lowest BCUT2D eigenvalue weighted by Gasteiger charge is -1.99. The first-order valence-electron chi connectivity index (χ1n) is 5.83. The predicted octanol–water partition coefficient (Wildman–Crippen LogP) is 0.0901. The predicted molar refractivity (Wildman–Crippen MR) is 66.9 cm³/mol. The fourth-order valence-corrected chi connectivity index (χ4v) is 3.97. The van der Waals surface area contributed by atoms with Crippen LogP contribution < -0.4 is 5.73 Å². The molecule has 1 aliphatic rings. The summed E-state index contributed by atoms with van der Waals surface area (Å²) in [7, 11) is -2.90. The van der Waals surface area contributed by atoms with E-state index in [0.717, 1.165) is 11.2 Å². The van der Waals surface area contributed by atoms with Crippen molar-refractivity contribution in [2.75, 3.05) is 11.5 Å². The van der Waals surface area contributed by atoms with Crippen LogP contribution in [0.2, 0.25) is 0 Å². The van der Waals surface area contributed by atoms with Crippen molar-refractivity contribution in [1.82, 2.24) is 14.6 Å². The summed E-state index contributed by atoms with van der Waals surface area (Å²) in [5, 5.41) is 4.35. The Balaban J connectivity index is 1.99. The van der Waals surface area contributed by atoms with E-state index in [0.29, 0.717) is 18.8 Å². The minimum Gasteiger partial charge on any atom is -0.326 e. The van der Waals surface area contributed by atoms with E-state index in [1.54, 1.807) is 4.52 Å². The molecule has 0 aliphatic carbocycles. The molecule has 1 unspecified atom stereocenters. The van der Waals surface area contributed by atoms with Gasteiger partial charge in [0, 0.05) is 18.7 Å². The quantitative estimate of drug-likeness (QED) is 0.832. The van der Waals surface area contributed by atoms with Crippen LogP contribution in [0.15, 0.2) is 18.3 Å². The largest absolute Gasteiger partial charge is 0.326 e. The van der Waals surface area contributed by atoms with Crippen LogP contribution in [0.1, 0.15) is 23.7 Å². The van der Waals surface area contributed by atoms with Gasteiger partial charge in [0.15, 0.2) is 21.3 Å². The molecule has 18 heavy (non-hydrogen) atoms. The maximum absolute atomic E-state index is 11.5. The highest BCUT2D eigenvalue weighted by molar-refractivity contribution is 7.91. The molecule has 0 radical (unpaired) electrons. The zero-order valence-electron chi connectivity index (χ0n) is 9.78. The third kappa shape index (κ3) is 1.99.